The summed E-state index contributed by atoms with van der Waals surface area (Å²) in [6, 6.07) is 7.83. The van der Waals surface area contributed by atoms with Crippen LogP contribution in [0.2, 0.25) is 0 Å². The molecule has 6 heteroatoms. The summed E-state index contributed by atoms with van der Waals surface area (Å²) in [6.07, 6.45) is 5.06. The number of hydrogen-bond donors (Lipinski definition) is 0. The van der Waals surface area contributed by atoms with Gasteiger partial charge in [0.2, 0.25) is 0 Å². The molecule has 0 saturated carbocycles. The quantitative estimate of drug-likeness (QED) is 0.189. The van der Waals surface area contributed by atoms with Crippen LogP contribution in [0.1, 0.15) is 95.7 Å². The van der Waals surface area contributed by atoms with Crippen LogP contribution in [-0.2, 0) is 16.2 Å². The molecular formula is C34H40F6. The highest BCUT2D eigenvalue weighted by molar-refractivity contribution is 5.38. The van der Waals surface area contributed by atoms with Crippen LogP contribution in [0.5, 0.6) is 0 Å². The Morgan fingerprint density at radius 3 is 0.825 bits per heavy atom. The molecule has 0 saturated heterocycles. The minimum Gasteiger partial charge on any atom is -0.207 e. The fraction of sp³-hybridized carbons (Fsp3) is 0.412. The highest BCUT2D eigenvalue weighted by Crippen LogP contribution is 2.30. The van der Waals surface area contributed by atoms with Gasteiger partial charge in [0.05, 0.1) is 0 Å². The van der Waals surface area contributed by atoms with Crippen LogP contribution in [0, 0.1) is 61.1 Å². The lowest BCUT2D eigenvalue weighted by Crippen LogP contribution is -2.16. The normalized spacial score (nSPS) is 11.6. The Hall–Kier alpha value is -3.20. The van der Waals surface area contributed by atoms with Gasteiger partial charge in [-0.2, -0.15) is 0 Å². The van der Waals surface area contributed by atoms with Crippen molar-refractivity contribution >= 4 is 0 Å². The van der Waals surface area contributed by atoms with Crippen LogP contribution in [0.3, 0.4) is 0 Å². The van der Waals surface area contributed by atoms with Crippen molar-refractivity contribution in [1.29, 1.82) is 0 Å². The van der Waals surface area contributed by atoms with E-state index in [1.54, 1.807) is 76.2 Å². The Labute approximate surface area is 235 Å². The van der Waals surface area contributed by atoms with E-state index in [1.807, 2.05) is 0 Å². The molecule has 3 aromatic carbocycles. The van der Waals surface area contributed by atoms with Crippen molar-refractivity contribution in [2.75, 3.05) is 0 Å². The van der Waals surface area contributed by atoms with E-state index < -0.39 is 51.1 Å². The zero-order chi connectivity index (χ0) is 31.4. The molecule has 218 valence electrons. The third-order valence-corrected chi connectivity index (χ3v) is 5.83. The predicted molar refractivity (Wildman–Crippen MR) is 153 cm³/mol. The van der Waals surface area contributed by atoms with Gasteiger partial charge in [0.1, 0.15) is 34.9 Å². The molecule has 0 aliphatic rings. The van der Waals surface area contributed by atoms with Crippen LogP contribution < -0.4 is 0 Å². The first-order valence-electron chi connectivity index (χ1n) is 12.9. The Morgan fingerprint density at radius 1 is 0.450 bits per heavy atom. The van der Waals surface area contributed by atoms with Crippen molar-refractivity contribution in [3.63, 3.8) is 0 Å². The zero-order valence-electron chi connectivity index (χ0n) is 25.3. The fourth-order valence-electron chi connectivity index (χ4n) is 4.21. The average Bonchev–Trinajstić information content (AvgIpc) is 2.69. The Kier molecular flexibility index (Phi) is 11.3. The lowest BCUT2D eigenvalue weighted by atomic mass is 9.85. The van der Waals surface area contributed by atoms with Crippen LogP contribution in [-0.4, -0.2) is 0 Å². The lowest BCUT2D eigenvalue weighted by molar-refractivity contribution is 0.473. The molecule has 0 aliphatic carbocycles. The van der Waals surface area contributed by atoms with E-state index in [1.165, 1.54) is 36.4 Å². The van der Waals surface area contributed by atoms with Gasteiger partial charge in [-0.05, 0) is 77.6 Å². The first-order valence-corrected chi connectivity index (χ1v) is 12.9. The van der Waals surface area contributed by atoms with E-state index >= 15 is 0 Å². The highest BCUT2D eigenvalue weighted by Gasteiger charge is 2.25. The van der Waals surface area contributed by atoms with E-state index in [4.69, 9.17) is 6.42 Å². The molecule has 0 spiro atoms. The van der Waals surface area contributed by atoms with Crippen molar-refractivity contribution in [3.05, 3.63) is 105 Å². The minimum atomic E-state index is -0.578. The SMILES string of the molecule is C#Cc1cc(F)c(C(C)(C)C)c(F)c1.Cc1cc(F)c(C(C)(C)C)c(F)c1.Cc1cc(F)c(C(C)(C)C)c(F)c1. The molecule has 3 rings (SSSR count). The van der Waals surface area contributed by atoms with Gasteiger partial charge in [0.15, 0.2) is 0 Å². The maximum absolute atomic E-state index is 13.5. The molecule has 0 bridgehead atoms. The molecule has 0 radical (unpaired) electrons. The third kappa shape index (κ3) is 9.47. The summed E-state index contributed by atoms with van der Waals surface area (Å²) in [5.74, 6) is -0.764. The van der Waals surface area contributed by atoms with Gasteiger partial charge < -0.3 is 0 Å². The van der Waals surface area contributed by atoms with Gasteiger partial charge in [-0.1, -0.05) is 68.2 Å². The zero-order valence-corrected chi connectivity index (χ0v) is 25.3. The summed E-state index contributed by atoms with van der Waals surface area (Å²) in [4.78, 5) is 0. The van der Waals surface area contributed by atoms with E-state index in [-0.39, 0.29) is 22.3 Å². The third-order valence-electron chi connectivity index (χ3n) is 5.83. The van der Waals surface area contributed by atoms with Crippen molar-refractivity contribution in [1.82, 2.24) is 0 Å². The number of halogens is 6. The van der Waals surface area contributed by atoms with Gasteiger partial charge in [-0.3, -0.25) is 0 Å². The minimum absolute atomic E-state index is 0.0801. The Balaban J connectivity index is 0.000000300. The van der Waals surface area contributed by atoms with Gasteiger partial charge >= 0.3 is 0 Å². The maximum atomic E-state index is 13.5. The molecule has 0 aliphatic heterocycles. The van der Waals surface area contributed by atoms with Crippen LogP contribution in [0.4, 0.5) is 26.3 Å². The molecule has 0 fully saturated rings. The molecule has 0 amide bonds. The highest BCUT2D eigenvalue weighted by atomic mass is 19.2. The van der Waals surface area contributed by atoms with E-state index in [9.17, 15) is 26.3 Å². The second kappa shape index (κ2) is 13.0. The first kappa shape index (κ1) is 34.8. The summed E-state index contributed by atoms with van der Waals surface area (Å²) in [6.45, 7) is 19.4. The predicted octanol–water partition coefficient (Wildman–Crippen LogP) is 10.4. The second-order valence-electron chi connectivity index (χ2n) is 12.9. The topological polar surface area (TPSA) is 0 Å². The Bertz CT molecular complexity index is 1240. The number of aryl methyl sites for hydroxylation is 2. The molecular weight excluding hydrogens is 522 g/mol. The smallest absolute Gasteiger partial charge is 0.131 e. The largest absolute Gasteiger partial charge is 0.207 e. The van der Waals surface area contributed by atoms with Crippen molar-refractivity contribution in [2.45, 2.75) is 92.4 Å². The summed E-state index contributed by atoms with van der Waals surface area (Å²) in [5.41, 5.74) is 0.345. The molecule has 0 heterocycles. The summed E-state index contributed by atoms with van der Waals surface area (Å²) in [5, 5.41) is 0. The van der Waals surface area contributed by atoms with Crippen molar-refractivity contribution in [2.24, 2.45) is 0 Å². The number of terminal acetylenes is 1. The van der Waals surface area contributed by atoms with Gasteiger partial charge in [0, 0.05) is 22.3 Å². The van der Waals surface area contributed by atoms with Gasteiger partial charge in [-0.15, -0.1) is 6.42 Å². The first-order chi connectivity index (χ1) is 18.0. The molecule has 0 unspecified atom stereocenters. The fourth-order valence-corrected chi connectivity index (χ4v) is 4.21. The summed E-state index contributed by atoms with van der Waals surface area (Å²) < 4.78 is 80.4. The standard InChI is InChI=1S/C12H12F2.2C11H14F2/c1-5-8-6-9(13)11(10(14)7-8)12(2,3)4;2*1-7-5-8(12)10(9(13)6-7)11(2,3)4/h1,6-7H,2-4H3;2*5-6H,1-4H3. The lowest BCUT2D eigenvalue weighted by Gasteiger charge is -2.20. The van der Waals surface area contributed by atoms with Gasteiger partial charge in [-0.25, -0.2) is 26.3 Å². The number of benzene rings is 3. The molecule has 0 aromatic heterocycles. The molecule has 3 aromatic rings. The van der Waals surface area contributed by atoms with E-state index in [0.29, 0.717) is 11.1 Å². The van der Waals surface area contributed by atoms with Crippen molar-refractivity contribution < 1.29 is 26.3 Å². The molecule has 0 atom stereocenters. The van der Waals surface area contributed by atoms with Crippen LogP contribution >= 0.6 is 0 Å². The van der Waals surface area contributed by atoms with Crippen LogP contribution in [0.25, 0.3) is 0 Å². The molecule has 40 heavy (non-hydrogen) atoms. The Morgan fingerprint density at radius 2 is 0.650 bits per heavy atom. The maximum Gasteiger partial charge on any atom is 0.131 e. The average molecular weight is 563 g/mol. The van der Waals surface area contributed by atoms with Gasteiger partial charge in [0.25, 0.3) is 0 Å². The monoisotopic (exact) mass is 562 g/mol. The molecule has 0 N–H and O–H groups in total. The summed E-state index contributed by atoms with van der Waals surface area (Å²) in [7, 11) is 0. The number of hydrogen-bond acceptors (Lipinski definition) is 0. The van der Waals surface area contributed by atoms with Crippen LogP contribution in [0.15, 0.2) is 36.4 Å². The molecule has 0 nitrogen and oxygen atoms in total. The summed E-state index contributed by atoms with van der Waals surface area (Å²) >= 11 is 0. The second-order valence-corrected chi connectivity index (χ2v) is 12.9. The van der Waals surface area contributed by atoms with E-state index in [2.05, 4.69) is 5.92 Å². The number of rotatable bonds is 0. The van der Waals surface area contributed by atoms with Crippen molar-refractivity contribution in [3.8, 4) is 12.3 Å². The van der Waals surface area contributed by atoms with E-state index in [0.717, 1.165) is 0 Å².